The van der Waals surface area contributed by atoms with E-state index < -0.39 is 5.97 Å². The highest BCUT2D eigenvalue weighted by Crippen LogP contribution is 2.22. The van der Waals surface area contributed by atoms with Gasteiger partial charge in [-0.2, -0.15) is 0 Å². The van der Waals surface area contributed by atoms with Gasteiger partial charge in [0.05, 0.1) is 0 Å². The highest BCUT2D eigenvalue weighted by atomic mass is 35.5. The Morgan fingerprint density at radius 2 is 1.90 bits per heavy atom. The zero-order valence-corrected chi connectivity index (χ0v) is 12.2. The van der Waals surface area contributed by atoms with Gasteiger partial charge in [0.2, 0.25) is 0 Å². The number of thioether (sulfide) groups is 1. The van der Waals surface area contributed by atoms with Crippen LogP contribution in [0.3, 0.4) is 0 Å². The maximum absolute atomic E-state index is 11.3. The number of aliphatic carboxylic acids is 1. The maximum atomic E-state index is 11.3. The van der Waals surface area contributed by atoms with E-state index in [0.29, 0.717) is 16.3 Å². The lowest BCUT2D eigenvalue weighted by Gasteiger charge is -2.03. The molecule has 0 bridgehead atoms. The van der Waals surface area contributed by atoms with E-state index in [4.69, 9.17) is 11.6 Å². The van der Waals surface area contributed by atoms with Gasteiger partial charge in [-0.3, -0.25) is 0 Å². The molecule has 0 saturated carbocycles. The van der Waals surface area contributed by atoms with Crippen molar-refractivity contribution < 1.29 is 9.90 Å². The zero-order valence-electron chi connectivity index (χ0n) is 10.6. The third kappa shape index (κ3) is 4.44. The molecule has 2 aromatic carbocycles. The largest absolute Gasteiger partial charge is 0.478 e. The minimum absolute atomic E-state index is 0.348. The summed E-state index contributed by atoms with van der Waals surface area (Å²) in [4.78, 5) is 12.3. The number of halogens is 1. The Bertz CT molecular complexity index is 623. The number of benzene rings is 2. The van der Waals surface area contributed by atoms with Crippen molar-refractivity contribution in [2.45, 2.75) is 4.90 Å². The minimum atomic E-state index is -0.909. The van der Waals surface area contributed by atoms with Crippen LogP contribution in [0.2, 0.25) is 5.02 Å². The fourth-order valence-electron chi connectivity index (χ4n) is 1.64. The van der Waals surface area contributed by atoms with Gasteiger partial charge in [0.25, 0.3) is 0 Å². The zero-order chi connectivity index (χ0) is 14.4. The second-order valence-electron chi connectivity index (χ2n) is 4.13. The lowest BCUT2D eigenvalue weighted by Crippen LogP contribution is -2.03. The SMILES string of the molecule is O=C(O)/C(=C/c1cccc(Cl)c1)CSc1ccccc1. The van der Waals surface area contributed by atoms with Gasteiger partial charge in [0.1, 0.15) is 0 Å². The van der Waals surface area contributed by atoms with Crippen molar-refractivity contribution in [2.75, 3.05) is 5.75 Å². The van der Waals surface area contributed by atoms with Crippen LogP contribution in [0.15, 0.2) is 65.1 Å². The summed E-state index contributed by atoms with van der Waals surface area (Å²) in [6.07, 6.45) is 1.66. The van der Waals surface area contributed by atoms with E-state index in [1.807, 2.05) is 36.4 Å². The first-order valence-corrected chi connectivity index (χ1v) is 7.39. The molecule has 1 N–H and O–H groups in total. The molecule has 2 aromatic rings. The third-order valence-electron chi connectivity index (χ3n) is 2.60. The van der Waals surface area contributed by atoms with Crippen LogP contribution in [0.25, 0.3) is 6.08 Å². The normalized spacial score (nSPS) is 11.3. The number of hydrogen-bond acceptors (Lipinski definition) is 2. The molecule has 20 heavy (non-hydrogen) atoms. The van der Waals surface area contributed by atoms with Crippen LogP contribution in [-0.4, -0.2) is 16.8 Å². The minimum Gasteiger partial charge on any atom is -0.478 e. The van der Waals surface area contributed by atoms with E-state index in [9.17, 15) is 9.90 Å². The standard InChI is InChI=1S/C16H13ClO2S/c17-14-6-4-5-12(10-14)9-13(16(18)19)11-20-15-7-2-1-3-8-15/h1-10H,11H2,(H,18,19)/b13-9+. The molecule has 0 spiro atoms. The fraction of sp³-hybridized carbons (Fsp3) is 0.0625. The van der Waals surface area contributed by atoms with Crippen LogP contribution in [0.5, 0.6) is 0 Å². The number of carboxylic acids is 1. The Hall–Kier alpha value is -1.71. The van der Waals surface area contributed by atoms with E-state index in [-0.39, 0.29) is 0 Å². The second-order valence-corrected chi connectivity index (χ2v) is 5.62. The molecule has 102 valence electrons. The molecule has 0 atom stereocenters. The molecule has 0 aliphatic heterocycles. The van der Waals surface area contributed by atoms with Crippen LogP contribution < -0.4 is 0 Å². The number of carbonyl (C=O) groups is 1. The fourth-order valence-corrected chi connectivity index (χ4v) is 2.72. The topological polar surface area (TPSA) is 37.3 Å². The Labute approximate surface area is 127 Å². The van der Waals surface area contributed by atoms with Gasteiger partial charge < -0.3 is 5.11 Å². The first kappa shape index (κ1) is 14.7. The first-order valence-electron chi connectivity index (χ1n) is 6.02. The predicted molar refractivity (Wildman–Crippen MR) is 84.2 cm³/mol. The van der Waals surface area contributed by atoms with Gasteiger partial charge in [0.15, 0.2) is 0 Å². The van der Waals surface area contributed by atoms with E-state index in [1.165, 1.54) is 11.8 Å². The van der Waals surface area contributed by atoms with Gasteiger partial charge in [0, 0.05) is 21.2 Å². The van der Waals surface area contributed by atoms with Crippen molar-refractivity contribution in [3.8, 4) is 0 Å². The average molecular weight is 305 g/mol. The monoisotopic (exact) mass is 304 g/mol. The number of carboxylic acid groups (broad SMARTS) is 1. The average Bonchev–Trinajstić information content (AvgIpc) is 2.44. The molecule has 2 rings (SSSR count). The molecule has 0 aliphatic carbocycles. The van der Waals surface area contributed by atoms with Crippen molar-refractivity contribution in [3.05, 3.63) is 70.8 Å². The highest BCUT2D eigenvalue weighted by Gasteiger charge is 2.08. The third-order valence-corrected chi connectivity index (χ3v) is 3.90. The van der Waals surface area contributed by atoms with E-state index >= 15 is 0 Å². The van der Waals surface area contributed by atoms with Crippen molar-refractivity contribution in [1.29, 1.82) is 0 Å². The molecular weight excluding hydrogens is 292 g/mol. The molecule has 0 saturated heterocycles. The number of hydrogen-bond donors (Lipinski definition) is 1. The summed E-state index contributed by atoms with van der Waals surface area (Å²) in [5.74, 6) is -0.500. The Morgan fingerprint density at radius 1 is 1.15 bits per heavy atom. The molecule has 0 radical (unpaired) electrons. The summed E-state index contributed by atoms with van der Waals surface area (Å²) in [7, 11) is 0. The van der Waals surface area contributed by atoms with Crippen LogP contribution in [0.1, 0.15) is 5.56 Å². The number of rotatable bonds is 5. The highest BCUT2D eigenvalue weighted by molar-refractivity contribution is 7.99. The van der Waals surface area contributed by atoms with Crippen LogP contribution in [0, 0.1) is 0 Å². The van der Waals surface area contributed by atoms with Crippen molar-refractivity contribution >= 4 is 35.4 Å². The van der Waals surface area contributed by atoms with Gasteiger partial charge >= 0.3 is 5.97 Å². The summed E-state index contributed by atoms with van der Waals surface area (Å²) in [6, 6.07) is 16.9. The molecular formula is C16H13ClO2S. The van der Waals surface area contributed by atoms with E-state index in [0.717, 1.165) is 10.5 Å². The van der Waals surface area contributed by atoms with Gasteiger partial charge in [-0.25, -0.2) is 4.79 Å². The predicted octanol–water partition coefficient (Wildman–Crippen LogP) is 4.60. The summed E-state index contributed by atoms with van der Waals surface area (Å²) in [6.45, 7) is 0. The van der Waals surface area contributed by atoms with Crippen molar-refractivity contribution in [1.82, 2.24) is 0 Å². The van der Waals surface area contributed by atoms with Crippen LogP contribution >= 0.6 is 23.4 Å². The van der Waals surface area contributed by atoms with E-state index in [1.54, 1.807) is 24.3 Å². The van der Waals surface area contributed by atoms with Crippen LogP contribution in [0.4, 0.5) is 0 Å². The Morgan fingerprint density at radius 3 is 2.55 bits per heavy atom. The Kier molecular flexibility index (Phi) is 5.27. The molecule has 0 aromatic heterocycles. The maximum Gasteiger partial charge on any atom is 0.332 e. The molecule has 0 aliphatic rings. The summed E-state index contributed by atoms with van der Waals surface area (Å²) in [5, 5.41) is 9.86. The Balaban J connectivity index is 2.13. The van der Waals surface area contributed by atoms with Gasteiger partial charge in [-0.05, 0) is 35.9 Å². The second kappa shape index (κ2) is 7.17. The summed E-state index contributed by atoms with van der Waals surface area (Å²) >= 11 is 7.40. The van der Waals surface area contributed by atoms with Crippen molar-refractivity contribution in [3.63, 3.8) is 0 Å². The van der Waals surface area contributed by atoms with Crippen molar-refractivity contribution in [2.24, 2.45) is 0 Å². The van der Waals surface area contributed by atoms with Crippen LogP contribution in [-0.2, 0) is 4.79 Å². The van der Waals surface area contributed by atoms with E-state index in [2.05, 4.69) is 0 Å². The molecule has 0 unspecified atom stereocenters. The van der Waals surface area contributed by atoms with Gasteiger partial charge in [-0.15, -0.1) is 11.8 Å². The molecule has 0 fully saturated rings. The smallest absolute Gasteiger partial charge is 0.332 e. The molecule has 2 nitrogen and oxygen atoms in total. The molecule has 4 heteroatoms. The summed E-state index contributed by atoms with van der Waals surface area (Å²) < 4.78 is 0. The lowest BCUT2D eigenvalue weighted by atomic mass is 10.1. The van der Waals surface area contributed by atoms with Gasteiger partial charge in [-0.1, -0.05) is 41.9 Å². The first-order chi connectivity index (χ1) is 9.65. The quantitative estimate of drug-likeness (QED) is 0.648. The molecule has 0 heterocycles. The molecule has 0 amide bonds. The summed E-state index contributed by atoms with van der Waals surface area (Å²) in [5.41, 5.74) is 1.14. The lowest BCUT2D eigenvalue weighted by molar-refractivity contribution is -0.132.